The van der Waals surface area contributed by atoms with Gasteiger partial charge < -0.3 is 18.6 Å². The van der Waals surface area contributed by atoms with Crippen molar-refractivity contribution in [1.29, 1.82) is 0 Å². The molecular formula is C13H15NO4S. The zero-order chi connectivity index (χ0) is 14.2. The van der Waals surface area contributed by atoms with Crippen molar-refractivity contribution in [2.75, 3.05) is 20.5 Å². The fraction of sp³-hybridized carbons (Fsp3) is 0.308. The zero-order valence-corrected chi connectivity index (χ0v) is 12.0. The van der Waals surface area contributed by atoms with Crippen LogP contribution < -0.4 is 14.9 Å². The third kappa shape index (κ3) is 2.29. The first-order valence-corrected chi connectivity index (χ1v) is 7.14. The molecule has 0 bridgehead atoms. The van der Waals surface area contributed by atoms with Crippen LogP contribution in [0.3, 0.4) is 0 Å². The molecule has 1 unspecified atom stereocenters. The molecule has 0 saturated heterocycles. The Hall–Kier alpha value is -1.66. The van der Waals surface area contributed by atoms with E-state index < -0.39 is 11.2 Å². The Morgan fingerprint density at radius 1 is 1.21 bits per heavy atom. The van der Waals surface area contributed by atoms with Crippen molar-refractivity contribution in [2.24, 2.45) is 7.05 Å². The van der Waals surface area contributed by atoms with E-state index in [0.717, 1.165) is 0 Å². The Morgan fingerprint density at radius 2 is 1.79 bits per heavy atom. The number of fused-ring (bicyclic) bond motifs is 1. The quantitative estimate of drug-likeness (QED) is 0.795. The van der Waals surface area contributed by atoms with E-state index in [1.165, 1.54) is 20.5 Å². The lowest BCUT2D eigenvalue weighted by Crippen LogP contribution is -2.17. The minimum absolute atomic E-state index is 0.241. The maximum absolute atomic E-state index is 12.3. The van der Waals surface area contributed by atoms with Crippen LogP contribution in [0.25, 0.3) is 10.9 Å². The number of hydrogen-bond donors (Lipinski definition) is 0. The molecule has 0 saturated carbocycles. The predicted octanol–water partition coefficient (Wildman–Crippen LogP) is 1.29. The number of benzene rings is 1. The number of aromatic nitrogens is 1. The maximum atomic E-state index is 12.3. The lowest BCUT2D eigenvalue weighted by Gasteiger charge is -2.13. The van der Waals surface area contributed by atoms with Crippen molar-refractivity contribution in [2.45, 2.75) is 4.90 Å². The molecular weight excluding hydrogens is 266 g/mol. The van der Waals surface area contributed by atoms with Crippen molar-refractivity contribution in [3.8, 4) is 11.5 Å². The van der Waals surface area contributed by atoms with E-state index in [9.17, 15) is 9.35 Å². The monoisotopic (exact) mass is 281 g/mol. The van der Waals surface area contributed by atoms with Crippen LogP contribution in [0.4, 0.5) is 0 Å². The summed E-state index contributed by atoms with van der Waals surface area (Å²) < 4.78 is 23.7. The lowest BCUT2D eigenvalue weighted by atomic mass is 10.2. The molecule has 0 aliphatic carbocycles. The molecule has 0 aliphatic rings. The number of methoxy groups -OCH3 is 2. The summed E-state index contributed by atoms with van der Waals surface area (Å²) in [6.45, 7) is 0. The molecule has 1 aromatic heterocycles. The minimum Gasteiger partial charge on any atom is -0.612 e. The van der Waals surface area contributed by atoms with E-state index in [0.29, 0.717) is 22.4 Å². The van der Waals surface area contributed by atoms with Crippen LogP contribution in [-0.4, -0.2) is 29.6 Å². The van der Waals surface area contributed by atoms with E-state index in [1.54, 1.807) is 29.9 Å². The molecule has 2 aromatic rings. The summed E-state index contributed by atoms with van der Waals surface area (Å²) in [6, 6.07) is 3.35. The van der Waals surface area contributed by atoms with Gasteiger partial charge in [-0.1, -0.05) is 0 Å². The summed E-state index contributed by atoms with van der Waals surface area (Å²) in [5.74, 6) is 1.03. The van der Waals surface area contributed by atoms with Gasteiger partial charge in [-0.05, 0) is 17.2 Å². The van der Waals surface area contributed by atoms with Crippen LogP contribution in [-0.2, 0) is 18.2 Å². The molecule has 0 aliphatic heterocycles. The average Bonchev–Trinajstić information content (AvgIpc) is 2.40. The van der Waals surface area contributed by atoms with E-state index >= 15 is 0 Å². The van der Waals surface area contributed by atoms with Crippen LogP contribution in [0, 0.1) is 0 Å². The van der Waals surface area contributed by atoms with Gasteiger partial charge in [-0.15, -0.1) is 0 Å². The van der Waals surface area contributed by atoms with Gasteiger partial charge in [0, 0.05) is 13.1 Å². The van der Waals surface area contributed by atoms with Gasteiger partial charge in [0.25, 0.3) is 0 Å². The summed E-state index contributed by atoms with van der Waals surface area (Å²) in [7, 11) is 4.84. The Morgan fingerprint density at radius 3 is 2.32 bits per heavy atom. The smallest absolute Gasteiger partial charge is 0.244 e. The van der Waals surface area contributed by atoms with Crippen molar-refractivity contribution in [3.05, 3.63) is 28.6 Å². The van der Waals surface area contributed by atoms with E-state index in [1.807, 2.05) is 0 Å². The van der Waals surface area contributed by atoms with E-state index in [2.05, 4.69) is 0 Å². The Balaban J connectivity index is 2.88. The van der Waals surface area contributed by atoms with Gasteiger partial charge in [-0.25, -0.2) is 0 Å². The molecule has 102 valence electrons. The van der Waals surface area contributed by atoms with Crippen molar-refractivity contribution < 1.29 is 14.0 Å². The summed E-state index contributed by atoms with van der Waals surface area (Å²) in [5.41, 5.74) is 0.465. The summed E-state index contributed by atoms with van der Waals surface area (Å²) in [6.07, 6.45) is 3.08. The van der Waals surface area contributed by atoms with Gasteiger partial charge in [-0.3, -0.25) is 4.79 Å². The van der Waals surface area contributed by atoms with Gasteiger partial charge in [0.1, 0.15) is 6.26 Å². The highest BCUT2D eigenvalue weighted by Crippen LogP contribution is 2.31. The maximum Gasteiger partial charge on any atom is 0.244 e. The number of nitrogens with zero attached hydrogens (tertiary/aromatic N) is 1. The highest BCUT2D eigenvalue weighted by Gasteiger charge is 2.17. The molecule has 5 nitrogen and oxygen atoms in total. The third-order valence-corrected chi connectivity index (χ3v) is 3.88. The Labute approximate surface area is 113 Å². The molecule has 2 rings (SSSR count). The minimum atomic E-state index is -1.33. The van der Waals surface area contributed by atoms with Gasteiger partial charge >= 0.3 is 0 Å². The molecule has 0 fully saturated rings. The van der Waals surface area contributed by atoms with Crippen LogP contribution >= 0.6 is 0 Å². The number of ether oxygens (including phenoxy) is 2. The van der Waals surface area contributed by atoms with Crippen molar-refractivity contribution in [1.82, 2.24) is 4.57 Å². The first-order valence-electron chi connectivity index (χ1n) is 5.58. The fourth-order valence-electron chi connectivity index (χ4n) is 1.98. The van der Waals surface area contributed by atoms with E-state index in [4.69, 9.17) is 9.47 Å². The molecule has 1 atom stereocenters. The summed E-state index contributed by atoms with van der Waals surface area (Å²) in [5, 5.41) is 0.466. The van der Waals surface area contributed by atoms with Crippen molar-refractivity contribution >= 4 is 22.1 Å². The third-order valence-electron chi connectivity index (χ3n) is 2.97. The summed E-state index contributed by atoms with van der Waals surface area (Å²) >= 11 is -1.33. The Bertz CT molecular complexity index is 678. The first kappa shape index (κ1) is 13.8. The zero-order valence-electron chi connectivity index (χ0n) is 11.2. The molecule has 1 heterocycles. The Kier molecular flexibility index (Phi) is 3.73. The fourth-order valence-corrected chi connectivity index (χ4v) is 2.66. The second-order valence-electron chi connectivity index (χ2n) is 4.11. The highest BCUT2D eigenvalue weighted by molar-refractivity contribution is 7.90. The first-order chi connectivity index (χ1) is 8.99. The second-order valence-corrected chi connectivity index (χ2v) is 5.46. The average molecular weight is 281 g/mol. The van der Waals surface area contributed by atoms with E-state index in [-0.39, 0.29) is 10.3 Å². The molecule has 0 N–H and O–H groups in total. The number of rotatable bonds is 3. The lowest BCUT2D eigenvalue weighted by molar-refractivity contribution is 0.355. The van der Waals surface area contributed by atoms with Gasteiger partial charge in [0.15, 0.2) is 11.5 Å². The van der Waals surface area contributed by atoms with Crippen LogP contribution in [0.2, 0.25) is 0 Å². The SMILES string of the molecule is COc1cc2c(=O)c([S+](C)[O-])cn(C)c2cc1OC. The van der Waals surface area contributed by atoms with Crippen LogP contribution in [0.15, 0.2) is 28.0 Å². The molecule has 1 aromatic carbocycles. The topological polar surface area (TPSA) is 63.5 Å². The highest BCUT2D eigenvalue weighted by atomic mass is 32.2. The molecule has 0 radical (unpaired) electrons. The van der Waals surface area contributed by atoms with Gasteiger partial charge in [0.05, 0.1) is 31.3 Å². The van der Waals surface area contributed by atoms with Crippen LogP contribution in [0.1, 0.15) is 0 Å². The largest absolute Gasteiger partial charge is 0.612 e. The number of pyridine rings is 1. The number of aryl methyl sites for hydroxylation is 1. The number of hydrogen-bond acceptors (Lipinski definition) is 4. The molecule has 0 amide bonds. The van der Waals surface area contributed by atoms with Gasteiger partial charge in [0.2, 0.25) is 10.3 Å². The second kappa shape index (κ2) is 5.14. The van der Waals surface area contributed by atoms with Gasteiger partial charge in [-0.2, -0.15) is 0 Å². The normalized spacial score (nSPS) is 12.5. The molecule has 19 heavy (non-hydrogen) atoms. The predicted molar refractivity (Wildman–Crippen MR) is 74.6 cm³/mol. The molecule has 6 heteroatoms. The summed E-state index contributed by atoms with van der Waals surface area (Å²) in [4.78, 5) is 12.6. The van der Waals surface area contributed by atoms with Crippen LogP contribution in [0.5, 0.6) is 11.5 Å². The molecule has 0 spiro atoms. The standard InChI is InChI=1S/C13H15NO4S/c1-14-7-12(19(4)16)13(15)8-5-10(17-2)11(18-3)6-9(8)14/h5-7H,1-4H3. The van der Waals surface area contributed by atoms with Crippen molar-refractivity contribution in [3.63, 3.8) is 0 Å².